The van der Waals surface area contributed by atoms with Gasteiger partial charge in [-0.1, -0.05) is 17.7 Å². The highest BCUT2D eigenvalue weighted by molar-refractivity contribution is 6.32. The van der Waals surface area contributed by atoms with Gasteiger partial charge >= 0.3 is 0 Å². The molecule has 0 saturated carbocycles. The van der Waals surface area contributed by atoms with Crippen LogP contribution in [0.1, 0.15) is 10.4 Å². The zero-order valence-corrected chi connectivity index (χ0v) is 12.2. The Balaban J connectivity index is 1.89. The van der Waals surface area contributed by atoms with Gasteiger partial charge in [0, 0.05) is 19.3 Å². The van der Waals surface area contributed by atoms with E-state index in [4.69, 9.17) is 16.3 Å². The molecular weight excluding hydrogens is 295 g/mol. The summed E-state index contributed by atoms with van der Waals surface area (Å²) < 4.78 is 18.4. The lowest BCUT2D eigenvalue weighted by molar-refractivity contribution is 0.0773. The fourth-order valence-corrected chi connectivity index (χ4v) is 1.91. The third kappa shape index (κ3) is 4.16. The number of amides is 1. The number of carbonyl (C=O) groups excluding carboxylic acids is 1. The van der Waals surface area contributed by atoms with E-state index >= 15 is 0 Å². The Labute approximate surface area is 127 Å². The van der Waals surface area contributed by atoms with Crippen LogP contribution in [-0.2, 0) is 0 Å². The summed E-state index contributed by atoms with van der Waals surface area (Å²) in [6.07, 6.45) is 1.52. The van der Waals surface area contributed by atoms with Gasteiger partial charge in [0.15, 0.2) is 0 Å². The number of benzene rings is 1. The molecule has 110 valence electrons. The minimum Gasteiger partial charge on any atom is -0.492 e. The van der Waals surface area contributed by atoms with Crippen molar-refractivity contribution in [2.75, 3.05) is 20.2 Å². The van der Waals surface area contributed by atoms with Crippen LogP contribution in [0.25, 0.3) is 0 Å². The Morgan fingerprint density at radius 1 is 1.38 bits per heavy atom. The lowest BCUT2D eigenvalue weighted by Crippen LogP contribution is -2.31. The summed E-state index contributed by atoms with van der Waals surface area (Å²) in [6, 6.07) is 9.11. The Morgan fingerprint density at radius 2 is 2.19 bits per heavy atom. The molecule has 0 aliphatic rings. The molecule has 0 radical (unpaired) electrons. The molecule has 1 heterocycles. The van der Waals surface area contributed by atoms with Crippen LogP contribution in [0.5, 0.6) is 5.75 Å². The van der Waals surface area contributed by atoms with Crippen LogP contribution in [0.15, 0.2) is 42.6 Å². The molecule has 2 aromatic rings. The first kappa shape index (κ1) is 15.3. The molecule has 1 aromatic heterocycles. The van der Waals surface area contributed by atoms with Gasteiger partial charge < -0.3 is 9.64 Å². The van der Waals surface area contributed by atoms with Crippen molar-refractivity contribution in [3.05, 3.63) is 59.1 Å². The van der Waals surface area contributed by atoms with Crippen molar-refractivity contribution in [1.29, 1.82) is 0 Å². The van der Waals surface area contributed by atoms with Crippen molar-refractivity contribution in [1.82, 2.24) is 9.88 Å². The maximum absolute atomic E-state index is 13.0. The topological polar surface area (TPSA) is 42.4 Å². The number of ether oxygens (including phenoxy) is 1. The molecule has 0 N–H and O–H groups in total. The molecule has 6 heteroatoms. The second kappa shape index (κ2) is 7.04. The van der Waals surface area contributed by atoms with Crippen LogP contribution in [0.3, 0.4) is 0 Å². The maximum atomic E-state index is 13.0. The molecule has 21 heavy (non-hydrogen) atoms. The molecule has 2 rings (SSSR count). The van der Waals surface area contributed by atoms with Crippen molar-refractivity contribution in [3.8, 4) is 5.75 Å². The average Bonchev–Trinajstić information content (AvgIpc) is 2.47. The zero-order chi connectivity index (χ0) is 15.2. The number of nitrogens with zero attached hydrogens (tertiary/aromatic N) is 2. The van der Waals surface area contributed by atoms with Crippen LogP contribution in [0.4, 0.5) is 4.39 Å². The van der Waals surface area contributed by atoms with E-state index in [0.29, 0.717) is 17.9 Å². The predicted octanol–water partition coefficient (Wildman–Crippen LogP) is 3.03. The van der Waals surface area contributed by atoms with Crippen molar-refractivity contribution in [3.63, 3.8) is 0 Å². The summed E-state index contributed by atoms with van der Waals surface area (Å²) in [5.74, 6) is -0.176. The molecule has 0 aliphatic heterocycles. The van der Waals surface area contributed by atoms with E-state index in [0.717, 1.165) is 0 Å². The van der Waals surface area contributed by atoms with E-state index < -0.39 is 0 Å². The van der Waals surface area contributed by atoms with Gasteiger partial charge in [-0.15, -0.1) is 0 Å². The van der Waals surface area contributed by atoms with Gasteiger partial charge in [0.05, 0.1) is 12.1 Å². The van der Waals surface area contributed by atoms with Crippen LogP contribution in [-0.4, -0.2) is 36.0 Å². The van der Waals surface area contributed by atoms with Crippen LogP contribution in [0.2, 0.25) is 5.15 Å². The Kier molecular flexibility index (Phi) is 5.11. The Bertz CT molecular complexity index is 637. The average molecular weight is 309 g/mol. The second-order valence-electron chi connectivity index (χ2n) is 4.37. The second-order valence-corrected chi connectivity index (χ2v) is 4.73. The molecule has 1 amide bonds. The summed E-state index contributed by atoms with van der Waals surface area (Å²) in [5, 5.41) is 0.167. The maximum Gasteiger partial charge on any atom is 0.256 e. The van der Waals surface area contributed by atoms with Crippen LogP contribution < -0.4 is 4.74 Å². The number of hydrogen-bond acceptors (Lipinski definition) is 3. The molecule has 0 unspecified atom stereocenters. The number of carbonyl (C=O) groups is 1. The summed E-state index contributed by atoms with van der Waals surface area (Å²) in [4.78, 5) is 17.5. The fraction of sp³-hybridized carbons (Fsp3) is 0.200. The number of pyridine rings is 1. The summed E-state index contributed by atoms with van der Waals surface area (Å²) in [7, 11) is 1.64. The zero-order valence-electron chi connectivity index (χ0n) is 11.4. The van der Waals surface area contributed by atoms with Gasteiger partial charge in [0.2, 0.25) is 0 Å². The molecule has 0 aliphatic carbocycles. The van der Waals surface area contributed by atoms with Crippen molar-refractivity contribution in [2.24, 2.45) is 0 Å². The third-order valence-electron chi connectivity index (χ3n) is 2.83. The first-order valence-corrected chi connectivity index (χ1v) is 6.70. The Hall–Kier alpha value is -2.14. The van der Waals surface area contributed by atoms with Crippen molar-refractivity contribution in [2.45, 2.75) is 0 Å². The fourth-order valence-electron chi connectivity index (χ4n) is 1.71. The van der Waals surface area contributed by atoms with Crippen molar-refractivity contribution < 1.29 is 13.9 Å². The molecule has 0 spiro atoms. The van der Waals surface area contributed by atoms with E-state index in [1.54, 1.807) is 31.3 Å². The normalized spacial score (nSPS) is 10.2. The number of hydrogen-bond donors (Lipinski definition) is 0. The number of aromatic nitrogens is 1. The number of halogens is 2. The molecule has 0 atom stereocenters. The summed E-state index contributed by atoms with van der Waals surface area (Å²) in [6.45, 7) is 0.601. The molecule has 0 fully saturated rings. The molecule has 0 saturated heterocycles. The van der Waals surface area contributed by atoms with E-state index in [9.17, 15) is 9.18 Å². The highest BCUT2D eigenvalue weighted by Gasteiger charge is 2.15. The summed E-state index contributed by atoms with van der Waals surface area (Å²) >= 11 is 5.88. The van der Waals surface area contributed by atoms with E-state index in [2.05, 4.69) is 4.98 Å². The van der Waals surface area contributed by atoms with Gasteiger partial charge in [-0.25, -0.2) is 9.37 Å². The minimum atomic E-state index is -0.362. The third-order valence-corrected chi connectivity index (χ3v) is 3.13. The molecule has 0 bridgehead atoms. The highest BCUT2D eigenvalue weighted by Crippen LogP contribution is 2.14. The van der Waals surface area contributed by atoms with Gasteiger partial charge in [-0.2, -0.15) is 0 Å². The smallest absolute Gasteiger partial charge is 0.256 e. The van der Waals surface area contributed by atoms with Gasteiger partial charge in [-0.3, -0.25) is 4.79 Å². The number of rotatable bonds is 5. The molecule has 1 aromatic carbocycles. The van der Waals surface area contributed by atoms with E-state index in [1.807, 2.05) is 0 Å². The number of likely N-dealkylation sites (N-methyl/N-ethyl adjacent to an activating group) is 1. The lowest BCUT2D eigenvalue weighted by Gasteiger charge is -2.17. The van der Waals surface area contributed by atoms with Crippen LogP contribution >= 0.6 is 11.6 Å². The van der Waals surface area contributed by atoms with E-state index in [1.165, 1.54) is 23.2 Å². The molecular formula is C15H14ClFN2O2. The lowest BCUT2D eigenvalue weighted by atomic mass is 10.2. The SMILES string of the molecule is CN(CCOc1cccc(F)c1)C(=O)c1cccnc1Cl. The first-order valence-electron chi connectivity index (χ1n) is 6.32. The standard InChI is InChI=1S/C15H14ClFN2O2/c1-19(15(20)13-6-3-7-18-14(13)16)8-9-21-12-5-2-4-11(17)10-12/h2-7,10H,8-9H2,1H3. The Morgan fingerprint density at radius 3 is 2.90 bits per heavy atom. The van der Waals surface area contributed by atoms with Gasteiger partial charge in [0.1, 0.15) is 23.3 Å². The van der Waals surface area contributed by atoms with Gasteiger partial charge in [0.25, 0.3) is 5.91 Å². The van der Waals surface area contributed by atoms with Gasteiger partial charge in [-0.05, 0) is 24.3 Å². The minimum absolute atomic E-state index is 0.167. The van der Waals surface area contributed by atoms with Crippen molar-refractivity contribution >= 4 is 17.5 Å². The first-order chi connectivity index (χ1) is 10.1. The highest BCUT2D eigenvalue weighted by atomic mass is 35.5. The van der Waals surface area contributed by atoms with Crippen LogP contribution in [0, 0.1) is 5.82 Å². The van der Waals surface area contributed by atoms with E-state index in [-0.39, 0.29) is 23.5 Å². The predicted molar refractivity (Wildman–Crippen MR) is 78.1 cm³/mol. The quantitative estimate of drug-likeness (QED) is 0.797. The monoisotopic (exact) mass is 308 g/mol. The molecule has 4 nitrogen and oxygen atoms in total. The summed E-state index contributed by atoms with van der Waals surface area (Å²) in [5.41, 5.74) is 0.340. The largest absolute Gasteiger partial charge is 0.492 e.